The molecule has 2 N–H and O–H groups in total. The largest absolute Gasteiger partial charge is 0.353 e. The second-order valence-corrected chi connectivity index (χ2v) is 5.35. The summed E-state index contributed by atoms with van der Waals surface area (Å²) >= 11 is 5.85. The highest BCUT2D eigenvalue weighted by molar-refractivity contribution is 6.30. The van der Waals surface area contributed by atoms with Gasteiger partial charge in [-0.3, -0.25) is 4.79 Å². The molecule has 0 spiro atoms. The van der Waals surface area contributed by atoms with Gasteiger partial charge in [0.2, 0.25) is 5.91 Å². The third kappa shape index (κ3) is 6.08. The topological polar surface area (TPSA) is 41.1 Å². The molecule has 4 heteroatoms. The monoisotopic (exact) mass is 282 g/mol. The first kappa shape index (κ1) is 16.0. The second kappa shape index (κ2) is 8.18. The van der Waals surface area contributed by atoms with Crippen molar-refractivity contribution in [1.29, 1.82) is 0 Å². The molecule has 0 aliphatic carbocycles. The SMILES string of the molecule is CCCC(C)NC(=O)CNC(C)c1ccc(Cl)cc1. The molecule has 0 aromatic heterocycles. The molecule has 0 saturated heterocycles. The molecule has 1 aromatic rings. The molecule has 0 aliphatic rings. The number of hydrogen-bond acceptors (Lipinski definition) is 2. The third-order valence-electron chi connectivity index (χ3n) is 3.07. The summed E-state index contributed by atoms with van der Waals surface area (Å²) in [6.07, 6.45) is 2.09. The molecule has 0 radical (unpaired) electrons. The van der Waals surface area contributed by atoms with Gasteiger partial charge in [-0.05, 0) is 38.0 Å². The van der Waals surface area contributed by atoms with Gasteiger partial charge in [0.15, 0.2) is 0 Å². The first-order chi connectivity index (χ1) is 9.02. The normalized spacial score (nSPS) is 13.9. The Morgan fingerprint density at radius 2 is 1.89 bits per heavy atom. The van der Waals surface area contributed by atoms with E-state index in [0.29, 0.717) is 6.54 Å². The van der Waals surface area contributed by atoms with Crippen LogP contribution in [0.5, 0.6) is 0 Å². The highest BCUT2D eigenvalue weighted by atomic mass is 35.5. The van der Waals surface area contributed by atoms with Gasteiger partial charge in [0, 0.05) is 17.1 Å². The lowest BCUT2D eigenvalue weighted by molar-refractivity contribution is -0.121. The van der Waals surface area contributed by atoms with Crippen LogP contribution in [-0.4, -0.2) is 18.5 Å². The maximum atomic E-state index is 11.7. The van der Waals surface area contributed by atoms with Gasteiger partial charge in [-0.15, -0.1) is 0 Å². The van der Waals surface area contributed by atoms with Crippen molar-refractivity contribution in [3.8, 4) is 0 Å². The molecule has 2 atom stereocenters. The van der Waals surface area contributed by atoms with E-state index in [0.717, 1.165) is 23.4 Å². The fraction of sp³-hybridized carbons (Fsp3) is 0.533. The Labute approximate surface area is 120 Å². The van der Waals surface area contributed by atoms with Crippen LogP contribution in [0.2, 0.25) is 5.02 Å². The van der Waals surface area contributed by atoms with Gasteiger partial charge in [0.1, 0.15) is 0 Å². The minimum Gasteiger partial charge on any atom is -0.353 e. The molecular weight excluding hydrogens is 260 g/mol. The first-order valence-electron chi connectivity index (χ1n) is 6.81. The van der Waals surface area contributed by atoms with E-state index >= 15 is 0 Å². The van der Waals surface area contributed by atoms with Gasteiger partial charge in [0.05, 0.1) is 6.54 Å². The van der Waals surface area contributed by atoms with Crippen LogP contribution < -0.4 is 10.6 Å². The van der Waals surface area contributed by atoms with E-state index in [-0.39, 0.29) is 18.0 Å². The van der Waals surface area contributed by atoms with E-state index in [2.05, 4.69) is 17.6 Å². The molecule has 3 nitrogen and oxygen atoms in total. The van der Waals surface area contributed by atoms with Crippen molar-refractivity contribution in [1.82, 2.24) is 10.6 Å². The fourth-order valence-corrected chi connectivity index (χ4v) is 2.07. The van der Waals surface area contributed by atoms with Gasteiger partial charge in [-0.25, -0.2) is 0 Å². The van der Waals surface area contributed by atoms with E-state index in [1.165, 1.54) is 0 Å². The molecule has 0 bridgehead atoms. The number of nitrogens with one attached hydrogen (secondary N) is 2. The standard InChI is InChI=1S/C15H23ClN2O/c1-4-5-11(2)18-15(19)10-17-12(3)13-6-8-14(16)9-7-13/h6-9,11-12,17H,4-5,10H2,1-3H3,(H,18,19). The van der Waals surface area contributed by atoms with Crippen molar-refractivity contribution in [2.75, 3.05) is 6.54 Å². The maximum Gasteiger partial charge on any atom is 0.234 e. The van der Waals surface area contributed by atoms with Crippen molar-refractivity contribution < 1.29 is 4.79 Å². The Morgan fingerprint density at radius 1 is 1.26 bits per heavy atom. The van der Waals surface area contributed by atoms with E-state index in [4.69, 9.17) is 11.6 Å². The third-order valence-corrected chi connectivity index (χ3v) is 3.32. The summed E-state index contributed by atoms with van der Waals surface area (Å²) in [4.78, 5) is 11.7. The number of carbonyl (C=O) groups is 1. The highest BCUT2D eigenvalue weighted by Crippen LogP contribution is 2.15. The zero-order chi connectivity index (χ0) is 14.3. The Morgan fingerprint density at radius 3 is 2.47 bits per heavy atom. The van der Waals surface area contributed by atoms with Crippen LogP contribution in [0.15, 0.2) is 24.3 Å². The molecule has 1 amide bonds. The predicted octanol–water partition coefficient (Wildman–Crippen LogP) is 3.30. The van der Waals surface area contributed by atoms with Crippen LogP contribution in [0.3, 0.4) is 0 Å². The van der Waals surface area contributed by atoms with Crippen LogP contribution in [0, 0.1) is 0 Å². The Kier molecular flexibility index (Phi) is 6.89. The Bertz CT molecular complexity index is 392. The first-order valence-corrected chi connectivity index (χ1v) is 7.19. The Balaban J connectivity index is 2.35. The summed E-state index contributed by atoms with van der Waals surface area (Å²) in [5.74, 6) is 0.0433. The summed E-state index contributed by atoms with van der Waals surface area (Å²) in [5, 5.41) is 6.91. The molecule has 106 valence electrons. The number of benzene rings is 1. The van der Waals surface area contributed by atoms with Gasteiger partial charge in [-0.1, -0.05) is 37.1 Å². The van der Waals surface area contributed by atoms with E-state index in [9.17, 15) is 4.79 Å². The lowest BCUT2D eigenvalue weighted by Crippen LogP contribution is -2.39. The number of carbonyl (C=O) groups excluding carboxylic acids is 1. The van der Waals surface area contributed by atoms with Crippen LogP contribution in [0.4, 0.5) is 0 Å². The van der Waals surface area contributed by atoms with Gasteiger partial charge < -0.3 is 10.6 Å². The van der Waals surface area contributed by atoms with Gasteiger partial charge >= 0.3 is 0 Å². The van der Waals surface area contributed by atoms with Crippen LogP contribution >= 0.6 is 11.6 Å². The van der Waals surface area contributed by atoms with Crippen LogP contribution in [0.25, 0.3) is 0 Å². The lowest BCUT2D eigenvalue weighted by Gasteiger charge is -2.16. The van der Waals surface area contributed by atoms with E-state index < -0.39 is 0 Å². The molecule has 0 aliphatic heterocycles. The van der Waals surface area contributed by atoms with E-state index in [1.54, 1.807) is 0 Å². The van der Waals surface area contributed by atoms with Crippen molar-refractivity contribution in [2.24, 2.45) is 0 Å². The molecule has 1 rings (SSSR count). The smallest absolute Gasteiger partial charge is 0.234 e. The minimum absolute atomic E-state index is 0.0433. The minimum atomic E-state index is 0.0433. The summed E-state index contributed by atoms with van der Waals surface area (Å²) in [6, 6.07) is 8.03. The average Bonchev–Trinajstić information content (AvgIpc) is 2.37. The number of rotatable bonds is 7. The molecule has 0 fully saturated rings. The van der Waals surface area contributed by atoms with Gasteiger partial charge in [0.25, 0.3) is 0 Å². The predicted molar refractivity (Wildman–Crippen MR) is 80.4 cm³/mol. The fourth-order valence-electron chi connectivity index (χ4n) is 1.95. The van der Waals surface area contributed by atoms with Crippen molar-refractivity contribution in [3.05, 3.63) is 34.9 Å². The average molecular weight is 283 g/mol. The van der Waals surface area contributed by atoms with Crippen molar-refractivity contribution in [2.45, 2.75) is 45.7 Å². The number of halogens is 1. The summed E-state index contributed by atoms with van der Waals surface area (Å²) in [7, 11) is 0. The molecule has 2 unspecified atom stereocenters. The van der Waals surface area contributed by atoms with Gasteiger partial charge in [-0.2, -0.15) is 0 Å². The zero-order valence-electron chi connectivity index (χ0n) is 11.9. The lowest BCUT2D eigenvalue weighted by atomic mass is 10.1. The number of hydrogen-bond donors (Lipinski definition) is 2. The van der Waals surface area contributed by atoms with Crippen molar-refractivity contribution >= 4 is 17.5 Å². The second-order valence-electron chi connectivity index (χ2n) is 4.91. The number of amides is 1. The summed E-state index contributed by atoms with van der Waals surface area (Å²) in [6.45, 7) is 6.51. The highest BCUT2D eigenvalue weighted by Gasteiger charge is 2.09. The molecule has 19 heavy (non-hydrogen) atoms. The molecule has 0 saturated carbocycles. The summed E-state index contributed by atoms with van der Waals surface area (Å²) < 4.78 is 0. The molecular formula is C15H23ClN2O. The summed E-state index contributed by atoms with van der Waals surface area (Å²) in [5.41, 5.74) is 1.12. The van der Waals surface area contributed by atoms with Crippen molar-refractivity contribution in [3.63, 3.8) is 0 Å². The van der Waals surface area contributed by atoms with E-state index in [1.807, 2.05) is 38.1 Å². The quantitative estimate of drug-likeness (QED) is 0.806. The van der Waals surface area contributed by atoms with Crippen LogP contribution in [0.1, 0.15) is 45.2 Å². The molecule has 1 aromatic carbocycles. The van der Waals surface area contributed by atoms with Crippen LogP contribution in [-0.2, 0) is 4.79 Å². The maximum absolute atomic E-state index is 11.7. The Hall–Kier alpha value is -1.06. The molecule has 0 heterocycles. The zero-order valence-corrected chi connectivity index (χ0v) is 12.6.